The van der Waals surface area contributed by atoms with Crippen LogP contribution >= 0.6 is 0 Å². The van der Waals surface area contributed by atoms with Gasteiger partial charge in [-0.25, -0.2) is 0 Å². The molecule has 2 nitrogen and oxygen atoms in total. The van der Waals surface area contributed by atoms with Crippen LogP contribution in [0, 0.1) is 0 Å². The average molecular weight is 158 g/mol. The average Bonchev–Trinajstić information content (AvgIpc) is 2.70. The molecule has 1 aliphatic heterocycles. The Labute approximate surface area is 68.9 Å². The van der Waals surface area contributed by atoms with Gasteiger partial charge in [-0.3, -0.25) is 0 Å². The summed E-state index contributed by atoms with van der Waals surface area (Å²) < 4.78 is 10.7. The molecule has 1 fully saturated rings. The minimum Gasteiger partial charge on any atom is -0.350 e. The second kappa shape index (κ2) is 4.73. The highest BCUT2D eigenvalue weighted by Crippen LogP contribution is 2.27. The first kappa shape index (κ1) is 9.01. The van der Waals surface area contributed by atoms with E-state index in [1.54, 1.807) is 0 Å². The molecule has 0 spiro atoms. The van der Waals surface area contributed by atoms with Gasteiger partial charge in [0, 0.05) is 6.61 Å². The van der Waals surface area contributed by atoms with Crippen molar-refractivity contribution in [1.29, 1.82) is 0 Å². The summed E-state index contributed by atoms with van der Waals surface area (Å²) in [6.45, 7) is 5.20. The Morgan fingerprint density at radius 3 is 2.73 bits per heavy atom. The summed E-state index contributed by atoms with van der Waals surface area (Å²) >= 11 is 0. The second-order valence-electron chi connectivity index (χ2n) is 3.06. The molecular weight excluding hydrogens is 140 g/mol. The Bertz CT molecular complexity index is 104. The van der Waals surface area contributed by atoms with E-state index < -0.39 is 0 Å². The molecule has 1 heterocycles. The van der Waals surface area contributed by atoms with E-state index in [1.165, 1.54) is 12.8 Å². The maximum Gasteiger partial charge on any atom is 0.184 e. The van der Waals surface area contributed by atoms with Gasteiger partial charge in [-0.1, -0.05) is 26.7 Å². The summed E-state index contributed by atoms with van der Waals surface area (Å²) in [6.07, 6.45) is 5.25. The quantitative estimate of drug-likeness (QED) is 0.437. The number of ether oxygens (including phenoxy) is 2. The van der Waals surface area contributed by atoms with Crippen molar-refractivity contribution in [2.45, 2.75) is 51.9 Å². The van der Waals surface area contributed by atoms with Crippen molar-refractivity contribution in [2.75, 3.05) is 6.61 Å². The van der Waals surface area contributed by atoms with Gasteiger partial charge in [-0.05, 0) is 12.8 Å². The number of unbranched alkanes of at least 4 members (excludes halogenated alkanes) is 1. The molecule has 0 saturated carbocycles. The number of rotatable bonds is 6. The lowest BCUT2D eigenvalue weighted by Gasteiger charge is -1.96. The number of hydrogen-bond acceptors (Lipinski definition) is 2. The Balaban J connectivity index is 1.87. The van der Waals surface area contributed by atoms with Crippen LogP contribution in [-0.2, 0) is 9.47 Å². The number of hydrogen-bond donors (Lipinski definition) is 0. The van der Waals surface area contributed by atoms with Crippen molar-refractivity contribution in [3.05, 3.63) is 0 Å². The number of epoxide rings is 1. The van der Waals surface area contributed by atoms with Crippen LogP contribution in [0.3, 0.4) is 0 Å². The van der Waals surface area contributed by atoms with Gasteiger partial charge in [0.25, 0.3) is 0 Å². The largest absolute Gasteiger partial charge is 0.350 e. The highest BCUT2D eigenvalue weighted by molar-refractivity contribution is 4.75. The van der Waals surface area contributed by atoms with Gasteiger partial charge in [0.2, 0.25) is 0 Å². The van der Waals surface area contributed by atoms with Crippen molar-refractivity contribution >= 4 is 0 Å². The molecule has 1 aliphatic rings. The van der Waals surface area contributed by atoms with E-state index >= 15 is 0 Å². The van der Waals surface area contributed by atoms with Crippen molar-refractivity contribution in [2.24, 2.45) is 0 Å². The first-order valence-corrected chi connectivity index (χ1v) is 4.65. The predicted molar refractivity (Wildman–Crippen MR) is 44.4 cm³/mol. The zero-order valence-corrected chi connectivity index (χ0v) is 7.51. The molecule has 0 amide bonds. The highest BCUT2D eigenvalue weighted by Gasteiger charge is 2.38. The first-order chi connectivity index (χ1) is 5.38. The van der Waals surface area contributed by atoms with E-state index in [0.717, 1.165) is 19.4 Å². The lowest BCUT2D eigenvalue weighted by Crippen LogP contribution is -2.01. The fraction of sp³-hybridized carbons (Fsp3) is 1.00. The van der Waals surface area contributed by atoms with Gasteiger partial charge < -0.3 is 9.47 Å². The zero-order valence-electron chi connectivity index (χ0n) is 7.51. The third kappa shape index (κ3) is 3.21. The van der Waals surface area contributed by atoms with E-state index in [-0.39, 0.29) is 6.29 Å². The third-order valence-corrected chi connectivity index (χ3v) is 1.89. The van der Waals surface area contributed by atoms with Crippen molar-refractivity contribution in [1.82, 2.24) is 0 Å². The monoisotopic (exact) mass is 158 g/mol. The summed E-state index contributed by atoms with van der Waals surface area (Å²) in [5.41, 5.74) is 0. The molecule has 11 heavy (non-hydrogen) atoms. The summed E-state index contributed by atoms with van der Waals surface area (Å²) in [7, 11) is 0. The second-order valence-corrected chi connectivity index (χ2v) is 3.06. The van der Waals surface area contributed by atoms with Gasteiger partial charge in [0.15, 0.2) is 6.29 Å². The summed E-state index contributed by atoms with van der Waals surface area (Å²) in [5, 5.41) is 0. The maximum absolute atomic E-state index is 5.44. The van der Waals surface area contributed by atoms with Crippen LogP contribution in [0.5, 0.6) is 0 Å². The molecule has 2 unspecified atom stereocenters. The SMILES string of the molecule is CCCCOC1OC1CCC. The van der Waals surface area contributed by atoms with E-state index in [2.05, 4.69) is 13.8 Å². The summed E-state index contributed by atoms with van der Waals surface area (Å²) in [6, 6.07) is 0. The van der Waals surface area contributed by atoms with Crippen LogP contribution in [0.1, 0.15) is 39.5 Å². The standard InChI is InChI=1S/C9H18O2/c1-3-5-7-10-9-8(11-9)6-4-2/h8-9H,3-7H2,1-2H3. The lowest BCUT2D eigenvalue weighted by atomic mass is 10.3. The van der Waals surface area contributed by atoms with Gasteiger partial charge in [0.05, 0.1) is 0 Å². The third-order valence-electron chi connectivity index (χ3n) is 1.89. The molecule has 0 bridgehead atoms. The van der Waals surface area contributed by atoms with E-state index in [1.807, 2.05) is 0 Å². The molecule has 1 rings (SSSR count). The molecule has 2 atom stereocenters. The maximum atomic E-state index is 5.44. The first-order valence-electron chi connectivity index (χ1n) is 4.65. The summed E-state index contributed by atoms with van der Waals surface area (Å²) in [5.74, 6) is 0. The predicted octanol–water partition coefficient (Wildman–Crippen LogP) is 2.33. The Morgan fingerprint density at radius 1 is 1.27 bits per heavy atom. The minimum atomic E-state index is 0.140. The van der Waals surface area contributed by atoms with Crippen LogP contribution in [0.15, 0.2) is 0 Å². The van der Waals surface area contributed by atoms with Crippen LogP contribution in [0.4, 0.5) is 0 Å². The summed E-state index contributed by atoms with van der Waals surface area (Å²) in [4.78, 5) is 0. The Kier molecular flexibility index (Phi) is 3.87. The van der Waals surface area contributed by atoms with Crippen LogP contribution < -0.4 is 0 Å². The molecule has 2 heteroatoms. The minimum absolute atomic E-state index is 0.140. The molecule has 0 aliphatic carbocycles. The van der Waals surface area contributed by atoms with Crippen LogP contribution in [-0.4, -0.2) is 19.0 Å². The highest BCUT2D eigenvalue weighted by atomic mass is 16.8. The fourth-order valence-electron chi connectivity index (χ4n) is 1.11. The lowest BCUT2D eigenvalue weighted by molar-refractivity contribution is 0.0486. The van der Waals surface area contributed by atoms with E-state index in [0.29, 0.717) is 6.10 Å². The zero-order chi connectivity index (χ0) is 8.10. The van der Waals surface area contributed by atoms with Crippen molar-refractivity contribution in [3.63, 3.8) is 0 Å². The van der Waals surface area contributed by atoms with Gasteiger partial charge in [-0.2, -0.15) is 0 Å². The molecule has 0 aromatic carbocycles. The van der Waals surface area contributed by atoms with Crippen LogP contribution in [0.2, 0.25) is 0 Å². The van der Waals surface area contributed by atoms with E-state index in [4.69, 9.17) is 9.47 Å². The molecule has 0 aromatic heterocycles. The topological polar surface area (TPSA) is 21.8 Å². The van der Waals surface area contributed by atoms with E-state index in [9.17, 15) is 0 Å². The smallest absolute Gasteiger partial charge is 0.184 e. The molecule has 0 aromatic rings. The Hall–Kier alpha value is -0.0800. The van der Waals surface area contributed by atoms with Gasteiger partial charge >= 0.3 is 0 Å². The van der Waals surface area contributed by atoms with Crippen molar-refractivity contribution in [3.8, 4) is 0 Å². The van der Waals surface area contributed by atoms with Gasteiger partial charge in [0.1, 0.15) is 6.10 Å². The molecular formula is C9H18O2. The van der Waals surface area contributed by atoms with Crippen LogP contribution in [0.25, 0.3) is 0 Å². The normalized spacial score (nSPS) is 28.9. The molecule has 66 valence electrons. The molecule has 0 radical (unpaired) electrons. The molecule has 0 N–H and O–H groups in total. The fourth-order valence-corrected chi connectivity index (χ4v) is 1.11. The Morgan fingerprint density at radius 2 is 2.09 bits per heavy atom. The van der Waals surface area contributed by atoms with Gasteiger partial charge in [-0.15, -0.1) is 0 Å². The van der Waals surface area contributed by atoms with Crippen molar-refractivity contribution < 1.29 is 9.47 Å². The molecule has 1 saturated heterocycles.